The van der Waals surface area contributed by atoms with E-state index < -0.39 is 0 Å². The van der Waals surface area contributed by atoms with E-state index in [9.17, 15) is 0 Å². The van der Waals surface area contributed by atoms with Gasteiger partial charge >= 0.3 is 0 Å². The number of unbranched alkanes of at least 4 members (excludes halogenated alkanes) is 2. The van der Waals surface area contributed by atoms with Crippen molar-refractivity contribution in [1.29, 1.82) is 0 Å². The topological polar surface area (TPSA) is 12.0 Å². The van der Waals surface area contributed by atoms with Crippen LogP contribution in [0.5, 0.6) is 0 Å². The smallest absolute Gasteiger partial charge is 0.0346 e. The van der Waals surface area contributed by atoms with E-state index >= 15 is 0 Å². The molecule has 0 fully saturated rings. The fourth-order valence-corrected chi connectivity index (χ4v) is 3.22. The van der Waals surface area contributed by atoms with Gasteiger partial charge in [0.05, 0.1) is 0 Å². The van der Waals surface area contributed by atoms with Crippen molar-refractivity contribution in [3.05, 3.63) is 35.2 Å². The Hall–Kier alpha value is -0.860. The van der Waals surface area contributed by atoms with Crippen LogP contribution in [0.2, 0.25) is 0 Å². The molecule has 1 N–H and O–H groups in total. The highest BCUT2D eigenvalue weighted by atomic mass is 32.1. The van der Waals surface area contributed by atoms with Gasteiger partial charge in [-0.2, -0.15) is 0 Å². The number of thiophene rings is 1. The maximum Gasteiger partial charge on any atom is 0.0346 e. The van der Waals surface area contributed by atoms with Crippen molar-refractivity contribution in [2.24, 2.45) is 0 Å². The molecule has 0 spiro atoms. The Balaban J connectivity index is 1.86. The summed E-state index contributed by atoms with van der Waals surface area (Å²) in [7, 11) is 0. The molecule has 2 rings (SSSR count). The molecular weight excluding hydrogens is 238 g/mol. The van der Waals surface area contributed by atoms with Gasteiger partial charge in [-0.05, 0) is 35.7 Å². The average molecular weight is 261 g/mol. The summed E-state index contributed by atoms with van der Waals surface area (Å²) in [5, 5.41) is 7.34. The van der Waals surface area contributed by atoms with Crippen LogP contribution in [0.15, 0.2) is 29.6 Å². The third kappa shape index (κ3) is 3.56. The summed E-state index contributed by atoms with van der Waals surface area (Å²) in [4.78, 5) is 0. The van der Waals surface area contributed by atoms with Gasteiger partial charge in [-0.1, -0.05) is 44.4 Å². The fourth-order valence-electron chi connectivity index (χ4n) is 2.26. The van der Waals surface area contributed by atoms with Gasteiger partial charge in [0.25, 0.3) is 0 Å². The van der Waals surface area contributed by atoms with Crippen LogP contribution >= 0.6 is 11.3 Å². The lowest BCUT2D eigenvalue weighted by Crippen LogP contribution is -2.25. The van der Waals surface area contributed by atoms with Crippen LogP contribution in [0, 0.1) is 0 Å². The number of benzene rings is 1. The molecule has 1 unspecified atom stereocenters. The van der Waals surface area contributed by atoms with Gasteiger partial charge in [0.1, 0.15) is 0 Å². The zero-order valence-electron chi connectivity index (χ0n) is 11.4. The van der Waals surface area contributed by atoms with Gasteiger partial charge < -0.3 is 5.32 Å². The molecule has 0 bridgehead atoms. The molecular formula is C16H23NS. The van der Waals surface area contributed by atoms with Crippen LogP contribution in [-0.4, -0.2) is 6.04 Å². The Morgan fingerprint density at radius 1 is 1.22 bits per heavy atom. The third-order valence-corrected chi connectivity index (χ3v) is 4.46. The van der Waals surface area contributed by atoms with E-state index in [2.05, 4.69) is 48.8 Å². The van der Waals surface area contributed by atoms with Gasteiger partial charge in [0, 0.05) is 17.3 Å². The van der Waals surface area contributed by atoms with Crippen LogP contribution in [-0.2, 0) is 6.54 Å². The van der Waals surface area contributed by atoms with Crippen molar-refractivity contribution in [3.8, 4) is 0 Å². The van der Waals surface area contributed by atoms with Crippen molar-refractivity contribution in [1.82, 2.24) is 5.32 Å². The normalized spacial score (nSPS) is 13.0. The minimum Gasteiger partial charge on any atom is -0.310 e. The Morgan fingerprint density at radius 3 is 2.89 bits per heavy atom. The second-order valence-electron chi connectivity index (χ2n) is 5.03. The first kappa shape index (κ1) is 13.6. The maximum absolute atomic E-state index is 3.64. The van der Waals surface area contributed by atoms with Crippen LogP contribution in [0.3, 0.4) is 0 Å². The van der Waals surface area contributed by atoms with E-state index in [-0.39, 0.29) is 0 Å². The van der Waals surface area contributed by atoms with Gasteiger partial charge in [-0.25, -0.2) is 0 Å². The first-order valence-electron chi connectivity index (χ1n) is 6.99. The molecule has 0 aliphatic heterocycles. The van der Waals surface area contributed by atoms with E-state index in [1.165, 1.54) is 41.3 Å². The van der Waals surface area contributed by atoms with E-state index in [1.807, 2.05) is 11.3 Å². The molecule has 0 saturated carbocycles. The lowest BCUT2D eigenvalue weighted by atomic mass is 10.1. The average Bonchev–Trinajstić information content (AvgIpc) is 2.80. The molecule has 2 heteroatoms. The number of hydrogen-bond donors (Lipinski definition) is 1. The highest BCUT2D eigenvalue weighted by Crippen LogP contribution is 2.25. The maximum atomic E-state index is 3.64. The van der Waals surface area contributed by atoms with Gasteiger partial charge in [0.15, 0.2) is 0 Å². The summed E-state index contributed by atoms with van der Waals surface area (Å²) >= 11 is 1.85. The van der Waals surface area contributed by atoms with Gasteiger partial charge in [-0.3, -0.25) is 0 Å². The minimum absolute atomic E-state index is 0.621. The summed E-state index contributed by atoms with van der Waals surface area (Å²) < 4.78 is 1.40. The molecule has 0 aliphatic carbocycles. The molecule has 1 heterocycles. The minimum atomic E-state index is 0.621. The molecule has 1 aromatic carbocycles. The third-order valence-electron chi connectivity index (χ3n) is 3.44. The van der Waals surface area contributed by atoms with Crippen LogP contribution < -0.4 is 5.32 Å². The van der Waals surface area contributed by atoms with E-state index in [4.69, 9.17) is 0 Å². The standard InChI is InChI=1S/C16H23NS/c1-3-4-5-8-13(2)17-11-14-12-18-16-10-7-6-9-15(14)16/h6-7,9-10,12-13,17H,3-5,8,11H2,1-2H3. The van der Waals surface area contributed by atoms with Crippen molar-refractivity contribution < 1.29 is 0 Å². The van der Waals surface area contributed by atoms with Crippen molar-refractivity contribution in [2.75, 3.05) is 0 Å². The lowest BCUT2D eigenvalue weighted by molar-refractivity contribution is 0.488. The highest BCUT2D eigenvalue weighted by molar-refractivity contribution is 7.17. The number of rotatable bonds is 7. The predicted molar refractivity (Wildman–Crippen MR) is 82.3 cm³/mol. The monoisotopic (exact) mass is 261 g/mol. The van der Waals surface area contributed by atoms with Crippen molar-refractivity contribution in [2.45, 2.75) is 52.1 Å². The summed E-state index contributed by atoms with van der Waals surface area (Å²) in [6.07, 6.45) is 5.29. The number of fused-ring (bicyclic) bond motifs is 1. The second-order valence-corrected chi connectivity index (χ2v) is 5.95. The van der Waals surface area contributed by atoms with Crippen molar-refractivity contribution in [3.63, 3.8) is 0 Å². The first-order valence-corrected chi connectivity index (χ1v) is 7.87. The largest absolute Gasteiger partial charge is 0.310 e. The molecule has 98 valence electrons. The Bertz CT molecular complexity index is 475. The molecule has 1 aromatic heterocycles. The molecule has 0 aliphatic rings. The molecule has 0 radical (unpaired) electrons. The Morgan fingerprint density at radius 2 is 2.06 bits per heavy atom. The second kappa shape index (κ2) is 6.91. The summed E-state index contributed by atoms with van der Waals surface area (Å²) in [5.41, 5.74) is 1.44. The number of hydrogen-bond acceptors (Lipinski definition) is 2. The molecule has 1 atom stereocenters. The van der Waals surface area contributed by atoms with E-state index in [1.54, 1.807) is 0 Å². The van der Waals surface area contributed by atoms with Crippen LogP contribution in [0.4, 0.5) is 0 Å². The van der Waals surface area contributed by atoms with Gasteiger partial charge in [0.2, 0.25) is 0 Å². The zero-order chi connectivity index (χ0) is 12.8. The zero-order valence-corrected chi connectivity index (χ0v) is 12.2. The van der Waals surface area contributed by atoms with Crippen molar-refractivity contribution >= 4 is 21.4 Å². The number of nitrogens with one attached hydrogen (secondary N) is 1. The molecule has 18 heavy (non-hydrogen) atoms. The first-order chi connectivity index (χ1) is 8.81. The molecule has 2 aromatic rings. The molecule has 1 nitrogen and oxygen atoms in total. The highest BCUT2D eigenvalue weighted by Gasteiger charge is 2.05. The summed E-state index contributed by atoms with van der Waals surface area (Å²) in [6.45, 7) is 5.55. The lowest BCUT2D eigenvalue weighted by Gasteiger charge is -2.13. The quantitative estimate of drug-likeness (QED) is 0.695. The van der Waals surface area contributed by atoms with E-state index in [0.29, 0.717) is 6.04 Å². The van der Waals surface area contributed by atoms with Crippen LogP contribution in [0.1, 0.15) is 45.1 Å². The molecule has 0 amide bonds. The van der Waals surface area contributed by atoms with Crippen LogP contribution in [0.25, 0.3) is 10.1 Å². The van der Waals surface area contributed by atoms with Gasteiger partial charge in [-0.15, -0.1) is 11.3 Å². The fraction of sp³-hybridized carbons (Fsp3) is 0.500. The summed E-state index contributed by atoms with van der Waals surface area (Å²) in [6, 6.07) is 9.29. The van der Waals surface area contributed by atoms with E-state index in [0.717, 1.165) is 6.54 Å². The SMILES string of the molecule is CCCCCC(C)NCc1csc2ccccc12. The Kier molecular flexibility index (Phi) is 5.21. The molecule has 0 saturated heterocycles. The summed E-state index contributed by atoms with van der Waals surface area (Å²) in [5.74, 6) is 0. The predicted octanol–water partition coefficient (Wildman–Crippen LogP) is 4.96. The Labute approximate surface area is 114 Å².